The topological polar surface area (TPSA) is 29.1 Å². The van der Waals surface area contributed by atoms with E-state index in [4.69, 9.17) is 11.6 Å². The van der Waals surface area contributed by atoms with Crippen LogP contribution < -0.4 is 5.32 Å². The van der Waals surface area contributed by atoms with Crippen LogP contribution in [0.3, 0.4) is 0 Å². The van der Waals surface area contributed by atoms with E-state index in [0.717, 1.165) is 10.1 Å². The lowest BCUT2D eigenvalue weighted by molar-refractivity contribution is 0.0922. The minimum atomic E-state index is -0.0108. The van der Waals surface area contributed by atoms with Crippen LogP contribution in [0.25, 0.3) is 0 Å². The SMILES string of the molecule is CC(C)CC1(CNC(=O)c2ccc(I)c(Cl)c2)CCCC1. The van der Waals surface area contributed by atoms with E-state index >= 15 is 0 Å². The Labute approximate surface area is 146 Å². The molecule has 116 valence electrons. The average molecular weight is 420 g/mol. The Bertz CT molecular complexity index is 510. The molecule has 0 unspecified atom stereocenters. The van der Waals surface area contributed by atoms with Crippen LogP contribution >= 0.6 is 34.2 Å². The van der Waals surface area contributed by atoms with E-state index in [0.29, 0.717) is 21.9 Å². The molecule has 0 atom stereocenters. The van der Waals surface area contributed by atoms with E-state index < -0.39 is 0 Å². The first-order valence-electron chi connectivity index (χ1n) is 7.65. The third-order valence-electron chi connectivity index (χ3n) is 4.31. The van der Waals surface area contributed by atoms with Gasteiger partial charge in [0.2, 0.25) is 0 Å². The average Bonchev–Trinajstić information content (AvgIpc) is 2.87. The van der Waals surface area contributed by atoms with Crippen LogP contribution in [-0.2, 0) is 0 Å². The van der Waals surface area contributed by atoms with E-state index in [1.807, 2.05) is 12.1 Å². The maximum absolute atomic E-state index is 12.3. The van der Waals surface area contributed by atoms with E-state index in [-0.39, 0.29) is 5.91 Å². The molecule has 0 aromatic heterocycles. The molecule has 0 radical (unpaired) electrons. The van der Waals surface area contributed by atoms with Crippen molar-refractivity contribution < 1.29 is 4.79 Å². The van der Waals surface area contributed by atoms with Gasteiger partial charge in [-0.3, -0.25) is 4.79 Å². The summed E-state index contributed by atoms with van der Waals surface area (Å²) in [6, 6.07) is 5.48. The lowest BCUT2D eigenvalue weighted by Crippen LogP contribution is -2.36. The first kappa shape index (κ1) is 17.1. The number of halogens is 2. The van der Waals surface area contributed by atoms with Gasteiger partial charge in [-0.15, -0.1) is 0 Å². The summed E-state index contributed by atoms with van der Waals surface area (Å²) >= 11 is 8.26. The summed E-state index contributed by atoms with van der Waals surface area (Å²) in [5.74, 6) is 0.663. The van der Waals surface area contributed by atoms with Crippen molar-refractivity contribution in [3.05, 3.63) is 32.4 Å². The van der Waals surface area contributed by atoms with Gasteiger partial charge in [0, 0.05) is 15.7 Å². The predicted molar refractivity (Wildman–Crippen MR) is 96.9 cm³/mol. The highest BCUT2D eigenvalue weighted by atomic mass is 127. The zero-order valence-electron chi connectivity index (χ0n) is 12.7. The summed E-state index contributed by atoms with van der Waals surface area (Å²) in [6.45, 7) is 5.31. The van der Waals surface area contributed by atoms with Crippen LogP contribution in [0.5, 0.6) is 0 Å². The molecule has 1 aliphatic rings. The Morgan fingerprint density at radius 1 is 1.38 bits per heavy atom. The molecule has 4 heteroatoms. The van der Waals surface area contributed by atoms with Crippen molar-refractivity contribution in [3.63, 3.8) is 0 Å². The zero-order chi connectivity index (χ0) is 15.5. The quantitative estimate of drug-likeness (QED) is 0.646. The van der Waals surface area contributed by atoms with Gasteiger partial charge in [0.1, 0.15) is 0 Å². The summed E-state index contributed by atoms with van der Waals surface area (Å²) in [7, 11) is 0. The van der Waals surface area contributed by atoms with Crippen molar-refractivity contribution in [2.24, 2.45) is 11.3 Å². The largest absolute Gasteiger partial charge is 0.351 e. The Hall–Kier alpha value is -0.290. The Kier molecular flexibility index (Phi) is 5.95. The fourth-order valence-corrected chi connectivity index (χ4v) is 3.97. The van der Waals surface area contributed by atoms with Crippen LogP contribution in [0.2, 0.25) is 5.02 Å². The van der Waals surface area contributed by atoms with Gasteiger partial charge in [0.05, 0.1) is 5.02 Å². The minimum absolute atomic E-state index is 0.0108. The normalized spacial score (nSPS) is 17.2. The standard InChI is InChI=1S/C17H23ClINO/c1-12(2)10-17(7-3-4-8-17)11-20-16(21)13-5-6-15(19)14(18)9-13/h5-6,9,12H,3-4,7-8,10-11H2,1-2H3,(H,20,21). The zero-order valence-corrected chi connectivity index (χ0v) is 15.6. The predicted octanol–water partition coefficient (Wildman–Crippen LogP) is 5.28. The van der Waals surface area contributed by atoms with Crippen LogP contribution in [0.4, 0.5) is 0 Å². The maximum Gasteiger partial charge on any atom is 0.251 e. The first-order valence-corrected chi connectivity index (χ1v) is 9.11. The highest BCUT2D eigenvalue weighted by Crippen LogP contribution is 2.42. The summed E-state index contributed by atoms with van der Waals surface area (Å²) in [4.78, 5) is 12.3. The third kappa shape index (κ3) is 4.59. The highest BCUT2D eigenvalue weighted by molar-refractivity contribution is 14.1. The van der Waals surface area contributed by atoms with Crippen molar-refractivity contribution in [2.75, 3.05) is 6.54 Å². The molecule has 2 nitrogen and oxygen atoms in total. The van der Waals surface area contributed by atoms with Gasteiger partial charge < -0.3 is 5.32 Å². The lowest BCUT2D eigenvalue weighted by Gasteiger charge is -2.31. The minimum Gasteiger partial charge on any atom is -0.351 e. The molecule has 0 bridgehead atoms. The molecule has 1 aliphatic carbocycles. The molecule has 1 fully saturated rings. The van der Waals surface area contributed by atoms with Gasteiger partial charge in [0.25, 0.3) is 5.91 Å². The van der Waals surface area contributed by atoms with Crippen molar-refractivity contribution in [1.29, 1.82) is 0 Å². The maximum atomic E-state index is 12.3. The van der Waals surface area contributed by atoms with Gasteiger partial charge in [-0.2, -0.15) is 0 Å². The monoisotopic (exact) mass is 419 g/mol. The highest BCUT2D eigenvalue weighted by Gasteiger charge is 2.34. The van der Waals surface area contributed by atoms with Gasteiger partial charge >= 0.3 is 0 Å². The number of hydrogen-bond acceptors (Lipinski definition) is 1. The molecule has 1 saturated carbocycles. The molecule has 0 saturated heterocycles. The summed E-state index contributed by atoms with van der Waals surface area (Å²) < 4.78 is 0.970. The summed E-state index contributed by atoms with van der Waals surface area (Å²) in [5, 5.41) is 3.77. The second kappa shape index (κ2) is 7.32. The van der Waals surface area contributed by atoms with E-state index in [1.54, 1.807) is 6.07 Å². The Morgan fingerprint density at radius 2 is 2.05 bits per heavy atom. The van der Waals surface area contributed by atoms with Crippen molar-refractivity contribution in [3.8, 4) is 0 Å². The van der Waals surface area contributed by atoms with Gasteiger partial charge in [-0.25, -0.2) is 0 Å². The van der Waals surface area contributed by atoms with Crippen LogP contribution in [0, 0.1) is 14.9 Å². The van der Waals surface area contributed by atoms with E-state index in [2.05, 4.69) is 41.8 Å². The van der Waals surface area contributed by atoms with Crippen LogP contribution in [-0.4, -0.2) is 12.5 Å². The molecule has 21 heavy (non-hydrogen) atoms. The Morgan fingerprint density at radius 3 is 2.62 bits per heavy atom. The van der Waals surface area contributed by atoms with Gasteiger partial charge in [-0.1, -0.05) is 38.3 Å². The molecule has 0 aliphatic heterocycles. The number of nitrogens with one attached hydrogen (secondary N) is 1. The molecule has 2 rings (SSSR count). The van der Waals surface area contributed by atoms with E-state index in [1.165, 1.54) is 32.1 Å². The lowest BCUT2D eigenvalue weighted by atomic mass is 9.78. The second-order valence-electron chi connectivity index (χ2n) is 6.62. The first-order chi connectivity index (χ1) is 9.92. The number of carbonyl (C=O) groups is 1. The Balaban J connectivity index is 2.00. The molecule has 0 heterocycles. The van der Waals surface area contributed by atoms with E-state index in [9.17, 15) is 4.79 Å². The van der Waals surface area contributed by atoms with Crippen molar-refractivity contribution in [1.82, 2.24) is 5.32 Å². The van der Waals surface area contributed by atoms with Crippen molar-refractivity contribution in [2.45, 2.75) is 46.0 Å². The molecule has 1 aromatic rings. The van der Waals surface area contributed by atoms with Gasteiger partial charge in [0.15, 0.2) is 0 Å². The second-order valence-corrected chi connectivity index (χ2v) is 8.19. The molecule has 1 N–H and O–H groups in total. The van der Waals surface area contributed by atoms with Crippen molar-refractivity contribution >= 4 is 40.1 Å². The smallest absolute Gasteiger partial charge is 0.251 e. The number of amides is 1. The summed E-state index contributed by atoms with van der Waals surface area (Å²) in [5.41, 5.74) is 0.953. The third-order valence-corrected chi connectivity index (χ3v) is 5.88. The fourth-order valence-electron chi connectivity index (χ4n) is 3.45. The number of hydrogen-bond donors (Lipinski definition) is 1. The molecule has 1 aromatic carbocycles. The van der Waals surface area contributed by atoms with Crippen LogP contribution in [0.1, 0.15) is 56.3 Å². The number of rotatable bonds is 5. The van der Waals surface area contributed by atoms with Gasteiger partial charge in [-0.05, 0) is 71.4 Å². The number of carbonyl (C=O) groups excluding carboxylic acids is 1. The van der Waals surface area contributed by atoms with Crippen LogP contribution in [0.15, 0.2) is 18.2 Å². The fraction of sp³-hybridized carbons (Fsp3) is 0.588. The molecular formula is C17H23ClINO. The molecule has 1 amide bonds. The molecule has 0 spiro atoms. The summed E-state index contributed by atoms with van der Waals surface area (Å²) in [6.07, 6.45) is 6.24. The number of benzene rings is 1. The molecular weight excluding hydrogens is 397 g/mol.